The molecule has 0 radical (unpaired) electrons. The molecule has 1 aromatic heterocycles. The van der Waals surface area contributed by atoms with Crippen molar-refractivity contribution in [1.29, 1.82) is 0 Å². The van der Waals surface area contributed by atoms with E-state index in [1.54, 1.807) is 13.8 Å². The molecule has 15 heavy (non-hydrogen) atoms. The number of nitrogens with one attached hydrogen (secondary N) is 1. The maximum absolute atomic E-state index is 10.8. The zero-order valence-electron chi connectivity index (χ0n) is 9.16. The number of hydrogen-bond acceptors (Lipinski definition) is 1. The number of H-pyrrole nitrogens is 1. The number of rotatable bonds is 5. The van der Waals surface area contributed by atoms with Gasteiger partial charge in [-0.25, -0.2) is 0 Å². The zero-order valence-corrected chi connectivity index (χ0v) is 9.16. The summed E-state index contributed by atoms with van der Waals surface area (Å²) in [5.74, 6) is -0.740. The molecule has 0 fully saturated rings. The van der Waals surface area contributed by atoms with E-state index in [0.29, 0.717) is 6.42 Å². The van der Waals surface area contributed by atoms with Gasteiger partial charge >= 0.3 is 5.97 Å². The fourth-order valence-corrected chi connectivity index (χ4v) is 1.21. The van der Waals surface area contributed by atoms with Crippen molar-refractivity contribution in [2.24, 2.45) is 5.41 Å². The molecule has 1 rings (SSSR count). The second-order valence-corrected chi connectivity index (χ2v) is 4.26. The second-order valence-electron chi connectivity index (χ2n) is 4.26. The van der Waals surface area contributed by atoms with Crippen molar-refractivity contribution < 1.29 is 9.90 Å². The fraction of sp³-hybridized carbons (Fsp3) is 0.417. The third kappa shape index (κ3) is 3.62. The Hall–Kier alpha value is -1.51. The van der Waals surface area contributed by atoms with Gasteiger partial charge in [0, 0.05) is 11.9 Å². The highest BCUT2D eigenvalue weighted by atomic mass is 16.4. The maximum Gasteiger partial charge on any atom is 0.309 e. The van der Waals surface area contributed by atoms with Crippen LogP contribution >= 0.6 is 0 Å². The Morgan fingerprint density at radius 2 is 2.33 bits per heavy atom. The lowest BCUT2D eigenvalue weighted by atomic mass is 9.88. The third-order valence-electron chi connectivity index (χ3n) is 2.43. The van der Waals surface area contributed by atoms with Crippen molar-refractivity contribution >= 4 is 12.0 Å². The van der Waals surface area contributed by atoms with Gasteiger partial charge in [0.1, 0.15) is 0 Å². The predicted octanol–water partition coefficient (Wildman–Crippen LogP) is 2.92. The quantitative estimate of drug-likeness (QED) is 0.780. The standard InChI is InChI=1S/C12H17NO2/c1-12(2,11(14)15)8-4-3-6-10-7-5-9-13-10/h3,5-7,9,13H,4,8H2,1-2H3,(H,14,15)/b6-3+. The molecular formula is C12H17NO2. The summed E-state index contributed by atoms with van der Waals surface area (Å²) in [6.45, 7) is 3.50. The highest BCUT2D eigenvalue weighted by Gasteiger charge is 2.25. The smallest absolute Gasteiger partial charge is 0.309 e. The van der Waals surface area contributed by atoms with E-state index in [0.717, 1.165) is 12.1 Å². The highest BCUT2D eigenvalue weighted by molar-refractivity contribution is 5.73. The lowest BCUT2D eigenvalue weighted by molar-refractivity contribution is -0.147. The lowest BCUT2D eigenvalue weighted by Crippen LogP contribution is -2.22. The summed E-state index contributed by atoms with van der Waals surface area (Å²) in [7, 11) is 0. The van der Waals surface area contributed by atoms with Crippen molar-refractivity contribution in [3.05, 3.63) is 30.1 Å². The first kappa shape index (κ1) is 11.6. The monoisotopic (exact) mass is 207 g/mol. The van der Waals surface area contributed by atoms with Crippen LogP contribution in [0.25, 0.3) is 6.08 Å². The van der Waals surface area contributed by atoms with E-state index in [-0.39, 0.29) is 0 Å². The largest absolute Gasteiger partial charge is 0.481 e. The first-order valence-electron chi connectivity index (χ1n) is 5.06. The molecule has 0 aromatic carbocycles. The Labute approximate surface area is 89.8 Å². The van der Waals surface area contributed by atoms with E-state index in [4.69, 9.17) is 5.11 Å². The van der Waals surface area contributed by atoms with Gasteiger partial charge in [0.15, 0.2) is 0 Å². The van der Waals surface area contributed by atoms with E-state index in [1.165, 1.54) is 0 Å². The van der Waals surface area contributed by atoms with Crippen molar-refractivity contribution in [3.63, 3.8) is 0 Å². The van der Waals surface area contributed by atoms with Crippen LogP contribution in [0.15, 0.2) is 24.4 Å². The van der Waals surface area contributed by atoms with Crippen molar-refractivity contribution in [1.82, 2.24) is 4.98 Å². The fourth-order valence-electron chi connectivity index (χ4n) is 1.21. The van der Waals surface area contributed by atoms with Gasteiger partial charge in [-0.3, -0.25) is 4.79 Å². The molecule has 3 nitrogen and oxygen atoms in total. The van der Waals surface area contributed by atoms with Crippen molar-refractivity contribution in [3.8, 4) is 0 Å². The molecule has 0 saturated heterocycles. The van der Waals surface area contributed by atoms with Gasteiger partial charge in [-0.1, -0.05) is 6.08 Å². The highest BCUT2D eigenvalue weighted by Crippen LogP contribution is 2.22. The minimum Gasteiger partial charge on any atom is -0.481 e. The van der Waals surface area contributed by atoms with E-state index in [2.05, 4.69) is 4.98 Å². The van der Waals surface area contributed by atoms with Gasteiger partial charge in [-0.15, -0.1) is 0 Å². The van der Waals surface area contributed by atoms with Crippen LogP contribution in [-0.4, -0.2) is 16.1 Å². The molecule has 0 unspecified atom stereocenters. The third-order valence-corrected chi connectivity index (χ3v) is 2.43. The van der Waals surface area contributed by atoms with E-state index >= 15 is 0 Å². The Balaban J connectivity index is 2.36. The molecule has 2 N–H and O–H groups in total. The number of aromatic amines is 1. The van der Waals surface area contributed by atoms with Crippen LogP contribution in [0.2, 0.25) is 0 Å². The predicted molar refractivity (Wildman–Crippen MR) is 60.5 cm³/mol. The van der Waals surface area contributed by atoms with Gasteiger partial charge in [0.25, 0.3) is 0 Å². The molecular weight excluding hydrogens is 190 g/mol. The topological polar surface area (TPSA) is 53.1 Å². The van der Waals surface area contributed by atoms with Gasteiger partial charge < -0.3 is 10.1 Å². The Kier molecular flexibility index (Phi) is 3.72. The molecule has 0 aliphatic heterocycles. The van der Waals surface area contributed by atoms with Crippen molar-refractivity contribution in [2.75, 3.05) is 0 Å². The van der Waals surface area contributed by atoms with Gasteiger partial charge in [0.05, 0.1) is 5.41 Å². The molecule has 1 aromatic rings. The van der Waals surface area contributed by atoms with Crippen LogP contribution < -0.4 is 0 Å². The minimum atomic E-state index is -0.740. The Morgan fingerprint density at radius 3 is 2.87 bits per heavy atom. The molecule has 0 spiro atoms. The van der Waals surface area contributed by atoms with E-state index in [9.17, 15) is 4.79 Å². The van der Waals surface area contributed by atoms with Crippen LogP contribution in [0.5, 0.6) is 0 Å². The van der Waals surface area contributed by atoms with E-state index < -0.39 is 11.4 Å². The first-order valence-corrected chi connectivity index (χ1v) is 5.06. The van der Waals surface area contributed by atoms with Crippen LogP contribution in [-0.2, 0) is 4.79 Å². The van der Waals surface area contributed by atoms with Gasteiger partial charge in [0.2, 0.25) is 0 Å². The summed E-state index contributed by atoms with van der Waals surface area (Å²) in [5.41, 5.74) is 0.406. The van der Waals surface area contributed by atoms with Crippen LogP contribution in [0.1, 0.15) is 32.4 Å². The molecule has 0 saturated carbocycles. The zero-order chi connectivity index (χ0) is 11.3. The number of carboxylic acid groups (broad SMARTS) is 1. The number of allylic oxidation sites excluding steroid dienone is 1. The summed E-state index contributed by atoms with van der Waals surface area (Å²) in [6, 6.07) is 3.90. The minimum absolute atomic E-state index is 0.639. The summed E-state index contributed by atoms with van der Waals surface area (Å²) in [4.78, 5) is 13.9. The number of hydrogen-bond donors (Lipinski definition) is 2. The molecule has 0 atom stereocenters. The Morgan fingerprint density at radius 1 is 1.60 bits per heavy atom. The molecule has 0 amide bonds. The van der Waals surface area contributed by atoms with Crippen molar-refractivity contribution in [2.45, 2.75) is 26.7 Å². The number of carbonyl (C=O) groups is 1. The number of aromatic nitrogens is 1. The normalized spacial score (nSPS) is 12.1. The lowest BCUT2D eigenvalue weighted by Gasteiger charge is -2.17. The molecule has 3 heteroatoms. The van der Waals surface area contributed by atoms with Gasteiger partial charge in [-0.05, 0) is 44.9 Å². The van der Waals surface area contributed by atoms with Crippen LogP contribution in [0.3, 0.4) is 0 Å². The molecule has 0 aliphatic carbocycles. The summed E-state index contributed by atoms with van der Waals surface area (Å²) < 4.78 is 0. The first-order chi connectivity index (χ1) is 7.02. The average molecular weight is 207 g/mol. The van der Waals surface area contributed by atoms with Gasteiger partial charge in [-0.2, -0.15) is 0 Å². The summed E-state index contributed by atoms with van der Waals surface area (Å²) in [5, 5.41) is 8.89. The number of carboxylic acids is 1. The molecule has 0 bridgehead atoms. The molecule has 0 aliphatic rings. The molecule has 1 heterocycles. The maximum atomic E-state index is 10.8. The second kappa shape index (κ2) is 4.82. The van der Waals surface area contributed by atoms with Crippen LogP contribution in [0.4, 0.5) is 0 Å². The van der Waals surface area contributed by atoms with E-state index in [1.807, 2.05) is 30.5 Å². The number of aliphatic carboxylic acids is 1. The SMILES string of the molecule is CC(C)(CC/C=C/c1ccc[nH]1)C(=O)O. The summed E-state index contributed by atoms with van der Waals surface area (Å²) in [6.07, 6.45) is 7.26. The van der Waals surface area contributed by atoms with Crippen LogP contribution in [0, 0.1) is 5.41 Å². The summed E-state index contributed by atoms with van der Waals surface area (Å²) >= 11 is 0. The molecule has 82 valence electrons. The average Bonchev–Trinajstić information content (AvgIpc) is 2.64. The Bertz CT molecular complexity index is 337.